The number of carbonyl (C=O) groups excluding carboxylic acids is 2. The zero-order valence-corrected chi connectivity index (χ0v) is 16.7. The Morgan fingerprint density at radius 2 is 1.93 bits per heavy atom. The van der Waals surface area contributed by atoms with E-state index in [2.05, 4.69) is 0 Å². The van der Waals surface area contributed by atoms with Crippen LogP contribution < -0.4 is 9.47 Å². The van der Waals surface area contributed by atoms with Crippen molar-refractivity contribution >= 4 is 29.2 Å². The van der Waals surface area contributed by atoms with Crippen molar-refractivity contribution in [3.63, 3.8) is 0 Å². The smallest absolute Gasteiger partial charge is 0.337 e. The molecule has 1 aromatic heterocycles. The third kappa shape index (κ3) is 3.79. The van der Waals surface area contributed by atoms with Gasteiger partial charge in [-0.05, 0) is 48.2 Å². The molecule has 0 amide bonds. The fraction of sp³-hybridized carbons (Fsp3) is 0.130. The minimum Gasteiger partial charge on any atom is -0.488 e. The van der Waals surface area contributed by atoms with E-state index < -0.39 is 0 Å². The number of ketones is 1. The predicted octanol–water partition coefficient (Wildman–Crippen LogP) is 5.04. The van der Waals surface area contributed by atoms with Gasteiger partial charge in [-0.1, -0.05) is 18.2 Å². The van der Waals surface area contributed by atoms with Crippen molar-refractivity contribution in [1.29, 1.82) is 0 Å². The molecule has 4 rings (SSSR count). The van der Waals surface area contributed by atoms with E-state index in [1.807, 2.05) is 36.6 Å². The molecular weight excluding hydrogens is 388 g/mol. The second-order valence-electron chi connectivity index (χ2n) is 6.50. The van der Waals surface area contributed by atoms with Crippen molar-refractivity contribution in [1.82, 2.24) is 0 Å². The molecule has 1 aliphatic heterocycles. The molecule has 0 radical (unpaired) electrons. The summed E-state index contributed by atoms with van der Waals surface area (Å²) in [4.78, 5) is 25.1. The third-order valence-electron chi connectivity index (χ3n) is 4.62. The van der Waals surface area contributed by atoms with E-state index >= 15 is 0 Å². The summed E-state index contributed by atoms with van der Waals surface area (Å²) in [5.74, 6) is 1.00. The van der Waals surface area contributed by atoms with E-state index in [0.29, 0.717) is 35.0 Å². The summed E-state index contributed by atoms with van der Waals surface area (Å²) in [6.45, 7) is 2.20. The quantitative estimate of drug-likeness (QED) is 0.439. The maximum absolute atomic E-state index is 12.6. The Labute approximate surface area is 172 Å². The van der Waals surface area contributed by atoms with E-state index in [1.165, 1.54) is 7.11 Å². The molecule has 0 saturated heterocycles. The zero-order chi connectivity index (χ0) is 20.4. The first-order chi connectivity index (χ1) is 14.1. The Kier molecular flexibility index (Phi) is 5.18. The fourth-order valence-corrected chi connectivity index (χ4v) is 3.69. The lowest BCUT2D eigenvalue weighted by atomic mass is 10.1. The molecular formula is C23H18O5S. The monoisotopic (exact) mass is 406 g/mol. The van der Waals surface area contributed by atoms with Crippen LogP contribution in [0.1, 0.15) is 36.7 Å². The minimum atomic E-state index is -0.375. The van der Waals surface area contributed by atoms with E-state index in [-0.39, 0.29) is 11.8 Å². The van der Waals surface area contributed by atoms with Crippen LogP contribution in [0.3, 0.4) is 0 Å². The number of fused-ring (bicyclic) bond motifs is 1. The molecule has 0 fully saturated rings. The lowest BCUT2D eigenvalue weighted by Gasteiger charge is -2.11. The molecule has 146 valence electrons. The maximum Gasteiger partial charge on any atom is 0.337 e. The van der Waals surface area contributed by atoms with Crippen molar-refractivity contribution in [3.05, 3.63) is 86.8 Å². The van der Waals surface area contributed by atoms with Crippen LogP contribution in [-0.4, -0.2) is 18.9 Å². The number of esters is 1. The Morgan fingerprint density at radius 3 is 2.62 bits per heavy atom. The van der Waals surface area contributed by atoms with Crippen LogP contribution >= 0.6 is 11.3 Å². The van der Waals surface area contributed by atoms with Crippen molar-refractivity contribution in [2.45, 2.75) is 13.5 Å². The lowest BCUT2D eigenvalue weighted by molar-refractivity contribution is 0.0600. The number of allylic oxidation sites excluding steroid dienone is 1. The van der Waals surface area contributed by atoms with Crippen LogP contribution in [0.15, 0.2) is 59.7 Å². The van der Waals surface area contributed by atoms with Crippen LogP contribution in [-0.2, 0) is 11.3 Å². The fourth-order valence-electron chi connectivity index (χ4n) is 3.04. The first kappa shape index (κ1) is 19.0. The number of Topliss-reactive ketones (excluding diaryl/α,β-unsaturated/α-hetero) is 1. The van der Waals surface area contributed by atoms with Crippen LogP contribution in [0, 0.1) is 6.92 Å². The molecule has 0 spiro atoms. The number of methoxy groups -OCH3 is 1. The number of rotatable bonds is 5. The summed E-state index contributed by atoms with van der Waals surface area (Å²) in [6, 6.07) is 14.4. The topological polar surface area (TPSA) is 61.8 Å². The second kappa shape index (κ2) is 7.93. The summed E-state index contributed by atoms with van der Waals surface area (Å²) in [5, 5.41) is 1.95. The maximum atomic E-state index is 12.6. The highest BCUT2D eigenvalue weighted by molar-refractivity contribution is 7.10. The number of benzene rings is 2. The van der Waals surface area contributed by atoms with Gasteiger partial charge in [-0.3, -0.25) is 4.79 Å². The van der Waals surface area contributed by atoms with Gasteiger partial charge in [0.15, 0.2) is 5.76 Å². The lowest BCUT2D eigenvalue weighted by Crippen LogP contribution is -2.02. The summed E-state index contributed by atoms with van der Waals surface area (Å²) in [5.41, 5.74) is 2.71. The average molecular weight is 406 g/mol. The highest BCUT2D eigenvalue weighted by Crippen LogP contribution is 2.39. The largest absolute Gasteiger partial charge is 0.488 e. The number of ether oxygens (including phenoxy) is 3. The van der Waals surface area contributed by atoms with Crippen molar-refractivity contribution < 1.29 is 23.8 Å². The molecule has 3 aromatic rings. The molecule has 0 N–H and O–H groups in total. The molecule has 0 bridgehead atoms. The number of hydrogen-bond donors (Lipinski definition) is 0. The van der Waals surface area contributed by atoms with Gasteiger partial charge in [0.1, 0.15) is 18.1 Å². The highest BCUT2D eigenvalue weighted by Gasteiger charge is 2.30. The minimum absolute atomic E-state index is 0.124. The molecule has 0 saturated carbocycles. The Hall–Kier alpha value is -3.38. The average Bonchev–Trinajstić information content (AvgIpc) is 3.36. The molecule has 2 heterocycles. The van der Waals surface area contributed by atoms with Gasteiger partial charge in [-0.2, -0.15) is 0 Å². The molecule has 29 heavy (non-hydrogen) atoms. The molecule has 6 heteroatoms. The number of hydrogen-bond acceptors (Lipinski definition) is 6. The molecule has 0 atom stereocenters. The van der Waals surface area contributed by atoms with Crippen molar-refractivity contribution in [2.24, 2.45) is 0 Å². The molecule has 1 aliphatic rings. The first-order valence-corrected chi connectivity index (χ1v) is 9.86. The molecule has 0 aliphatic carbocycles. The van der Waals surface area contributed by atoms with Gasteiger partial charge in [0, 0.05) is 16.5 Å². The van der Waals surface area contributed by atoms with Crippen LogP contribution in [0.2, 0.25) is 0 Å². The normalized spacial score (nSPS) is 13.9. The highest BCUT2D eigenvalue weighted by atomic mass is 32.1. The summed E-state index contributed by atoms with van der Waals surface area (Å²) < 4.78 is 16.5. The Bertz CT molecular complexity index is 1100. The number of thiophene rings is 1. The Balaban J connectivity index is 1.50. The van der Waals surface area contributed by atoms with E-state index in [9.17, 15) is 9.59 Å². The Morgan fingerprint density at radius 1 is 1.14 bits per heavy atom. The molecule has 5 nitrogen and oxygen atoms in total. The van der Waals surface area contributed by atoms with Gasteiger partial charge in [-0.15, -0.1) is 11.3 Å². The number of carbonyl (C=O) groups is 2. The van der Waals surface area contributed by atoms with Crippen LogP contribution in [0.25, 0.3) is 6.08 Å². The van der Waals surface area contributed by atoms with Gasteiger partial charge in [0.2, 0.25) is 5.78 Å². The zero-order valence-electron chi connectivity index (χ0n) is 15.9. The van der Waals surface area contributed by atoms with Gasteiger partial charge >= 0.3 is 5.97 Å². The van der Waals surface area contributed by atoms with Crippen LogP contribution in [0.4, 0.5) is 0 Å². The summed E-state index contributed by atoms with van der Waals surface area (Å²) >= 11 is 1.55. The SMILES string of the molecule is COC(=O)c1ccc(COc2ccc3c(c2C)O/C(=C\c2cccs2)C3=O)cc1. The van der Waals surface area contributed by atoms with E-state index in [1.54, 1.807) is 41.7 Å². The van der Waals surface area contributed by atoms with Gasteiger partial charge < -0.3 is 14.2 Å². The van der Waals surface area contributed by atoms with E-state index in [0.717, 1.165) is 16.0 Å². The standard InChI is InChI=1S/C23H18O5S/c1-14-19(27-13-15-5-7-16(8-6-15)23(25)26-2)10-9-18-21(24)20(28-22(14)18)12-17-4-3-11-29-17/h3-12H,13H2,1-2H3/b20-12-. The molecule has 2 aromatic carbocycles. The van der Waals surface area contributed by atoms with Gasteiger partial charge in [0.25, 0.3) is 0 Å². The predicted molar refractivity (Wildman–Crippen MR) is 111 cm³/mol. The van der Waals surface area contributed by atoms with Crippen molar-refractivity contribution in [2.75, 3.05) is 7.11 Å². The van der Waals surface area contributed by atoms with E-state index in [4.69, 9.17) is 14.2 Å². The van der Waals surface area contributed by atoms with Crippen molar-refractivity contribution in [3.8, 4) is 11.5 Å². The third-order valence-corrected chi connectivity index (χ3v) is 5.44. The van der Waals surface area contributed by atoms with Crippen LogP contribution in [0.5, 0.6) is 11.5 Å². The molecule has 0 unspecified atom stereocenters. The second-order valence-corrected chi connectivity index (χ2v) is 7.48. The van der Waals surface area contributed by atoms with Gasteiger partial charge in [0.05, 0.1) is 18.2 Å². The summed E-state index contributed by atoms with van der Waals surface area (Å²) in [6.07, 6.45) is 1.76. The summed E-state index contributed by atoms with van der Waals surface area (Å²) in [7, 11) is 1.35. The van der Waals surface area contributed by atoms with Gasteiger partial charge in [-0.25, -0.2) is 4.79 Å². The first-order valence-electron chi connectivity index (χ1n) is 8.98.